The number of benzene rings is 2. The van der Waals surface area contributed by atoms with Crippen molar-refractivity contribution in [2.75, 3.05) is 13.7 Å². The molecular formula is C19H20O6S. The maximum Gasteiger partial charge on any atom is 0.341 e. The molecule has 0 bridgehead atoms. The number of ether oxygens (including phenoxy) is 1. The first-order valence-corrected chi connectivity index (χ1v) is 9.28. The van der Waals surface area contributed by atoms with Crippen molar-refractivity contribution in [3.05, 3.63) is 65.2 Å². The van der Waals surface area contributed by atoms with Gasteiger partial charge < -0.3 is 9.84 Å². The Morgan fingerprint density at radius 2 is 1.85 bits per heavy atom. The molecule has 0 amide bonds. The molecule has 0 saturated heterocycles. The summed E-state index contributed by atoms with van der Waals surface area (Å²) >= 11 is 0. The zero-order valence-electron chi connectivity index (χ0n) is 14.5. The second-order valence-corrected chi connectivity index (χ2v) is 7.16. The lowest BCUT2D eigenvalue weighted by molar-refractivity contribution is 0.0597. The van der Waals surface area contributed by atoms with E-state index in [0.717, 1.165) is 5.56 Å². The predicted octanol–water partition coefficient (Wildman–Crippen LogP) is 3.30. The second-order valence-electron chi connectivity index (χ2n) is 5.55. The number of aromatic hydroxyl groups is 1. The normalized spacial score (nSPS) is 11.6. The molecule has 0 radical (unpaired) electrons. The SMILES string of the molecule is COC(=O)c1cc(/C=C/CCOS(=O)(=O)c2ccc(C)cc2)ccc1O. The number of aryl methyl sites for hydroxylation is 1. The van der Waals surface area contributed by atoms with Crippen LogP contribution in [0.2, 0.25) is 0 Å². The van der Waals surface area contributed by atoms with E-state index in [-0.39, 0.29) is 22.8 Å². The number of carbonyl (C=O) groups excluding carboxylic acids is 1. The number of phenols is 1. The summed E-state index contributed by atoms with van der Waals surface area (Å²) in [6.45, 7) is 1.87. The Bertz CT molecular complexity index is 898. The van der Waals surface area contributed by atoms with Crippen molar-refractivity contribution < 1.29 is 27.2 Å². The molecule has 7 heteroatoms. The van der Waals surface area contributed by atoms with Crippen LogP contribution in [0, 0.1) is 6.92 Å². The van der Waals surface area contributed by atoms with Crippen LogP contribution >= 0.6 is 0 Å². The number of methoxy groups -OCH3 is 1. The van der Waals surface area contributed by atoms with E-state index in [1.54, 1.807) is 30.4 Å². The number of carbonyl (C=O) groups is 1. The molecule has 26 heavy (non-hydrogen) atoms. The van der Waals surface area contributed by atoms with Crippen LogP contribution in [0.25, 0.3) is 6.08 Å². The van der Waals surface area contributed by atoms with Gasteiger partial charge in [-0.15, -0.1) is 0 Å². The van der Waals surface area contributed by atoms with E-state index in [4.69, 9.17) is 4.18 Å². The lowest BCUT2D eigenvalue weighted by atomic mass is 10.1. The minimum absolute atomic E-state index is 0.00531. The average Bonchev–Trinajstić information content (AvgIpc) is 2.62. The van der Waals surface area contributed by atoms with Crippen LogP contribution < -0.4 is 0 Å². The van der Waals surface area contributed by atoms with E-state index in [1.807, 2.05) is 6.92 Å². The molecule has 0 atom stereocenters. The predicted molar refractivity (Wildman–Crippen MR) is 97.4 cm³/mol. The summed E-state index contributed by atoms with van der Waals surface area (Å²) in [5.41, 5.74) is 1.70. The largest absolute Gasteiger partial charge is 0.507 e. The smallest absolute Gasteiger partial charge is 0.341 e. The Morgan fingerprint density at radius 1 is 1.15 bits per heavy atom. The van der Waals surface area contributed by atoms with Crippen LogP contribution in [0.15, 0.2) is 53.4 Å². The molecule has 0 aliphatic rings. The van der Waals surface area contributed by atoms with E-state index < -0.39 is 16.1 Å². The van der Waals surface area contributed by atoms with Gasteiger partial charge >= 0.3 is 5.97 Å². The minimum Gasteiger partial charge on any atom is -0.507 e. The van der Waals surface area contributed by atoms with Crippen LogP contribution in [-0.4, -0.2) is 33.2 Å². The molecule has 0 aliphatic carbocycles. The van der Waals surface area contributed by atoms with Crippen molar-refractivity contribution in [2.45, 2.75) is 18.2 Å². The first kappa shape index (κ1) is 19.7. The summed E-state index contributed by atoms with van der Waals surface area (Å²) in [6.07, 6.45) is 3.78. The highest BCUT2D eigenvalue weighted by atomic mass is 32.2. The molecule has 0 aromatic heterocycles. The van der Waals surface area contributed by atoms with E-state index in [2.05, 4.69) is 4.74 Å². The Hall–Kier alpha value is -2.64. The molecule has 2 rings (SSSR count). The van der Waals surface area contributed by atoms with Crippen molar-refractivity contribution in [1.29, 1.82) is 0 Å². The number of phenolic OH excluding ortho intramolecular Hbond substituents is 1. The van der Waals surface area contributed by atoms with Gasteiger partial charge in [0.25, 0.3) is 10.1 Å². The third-order valence-corrected chi connectivity index (χ3v) is 4.90. The molecule has 0 aliphatic heterocycles. The zero-order valence-corrected chi connectivity index (χ0v) is 15.3. The van der Waals surface area contributed by atoms with Crippen molar-refractivity contribution in [1.82, 2.24) is 0 Å². The number of hydrogen-bond acceptors (Lipinski definition) is 6. The van der Waals surface area contributed by atoms with Gasteiger partial charge in [-0.05, 0) is 43.2 Å². The monoisotopic (exact) mass is 376 g/mol. The van der Waals surface area contributed by atoms with E-state index in [9.17, 15) is 18.3 Å². The topological polar surface area (TPSA) is 89.9 Å². The molecular weight excluding hydrogens is 356 g/mol. The third-order valence-electron chi connectivity index (χ3n) is 3.57. The van der Waals surface area contributed by atoms with Gasteiger partial charge in [0, 0.05) is 0 Å². The third kappa shape index (κ3) is 5.18. The van der Waals surface area contributed by atoms with Crippen molar-refractivity contribution >= 4 is 22.2 Å². The standard InChI is InChI=1S/C19H20O6S/c1-14-6-9-16(10-7-14)26(22,23)25-12-4-3-5-15-8-11-18(20)17(13-15)19(21)24-2/h3,5-11,13,20H,4,12H2,1-2H3/b5-3+. The molecule has 0 saturated carbocycles. The molecule has 6 nitrogen and oxygen atoms in total. The van der Waals surface area contributed by atoms with E-state index >= 15 is 0 Å². The van der Waals surface area contributed by atoms with Crippen LogP contribution in [0.3, 0.4) is 0 Å². The summed E-state index contributed by atoms with van der Waals surface area (Å²) in [4.78, 5) is 11.7. The Balaban J connectivity index is 1.93. The molecule has 2 aromatic rings. The number of esters is 1. The molecule has 0 heterocycles. The van der Waals surface area contributed by atoms with Crippen LogP contribution in [0.1, 0.15) is 27.9 Å². The summed E-state index contributed by atoms with van der Waals surface area (Å²) < 4.78 is 33.7. The Labute approximate surface area is 152 Å². The van der Waals surface area contributed by atoms with E-state index in [0.29, 0.717) is 12.0 Å². The van der Waals surface area contributed by atoms with E-state index in [1.165, 1.54) is 31.4 Å². The van der Waals surface area contributed by atoms with Gasteiger partial charge in [-0.25, -0.2) is 4.79 Å². The summed E-state index contributed by atoms with van der Waals surface area (Å²) in [5.74, 6) is -0.799. The van der Waals surface area contributed by atoms with Gasteiger partial charge in [0.05, 0.1) is 18.6 Å². The molecule has 1 N–H and O–H groups in total. The van der Waals surface area contributed by atoms with Crippen molar-refractivity contribution in [3.63, 3.8) is 0 Å². The van der Waals surface area contributed by atoms with Gasteiger partial charge in [0.15, 0.2) is 0 Å². The van der Waals surface area contributed by atoms with Gasteiger partial charge in [-0.1, -0.05) is 35.9 Å². The fourth-order valence-corrected chi connectivity index (χ4v) is 3.07. The molecule has 0 unspecified atom stereocenters. The maximum absolute atomic E-state index is 12.0. The van der Waals surface area contributed by atoms with Crippen molar-refractivity contribution in [2.24, 2.45) is 0 Å². The highest BCUT2D eigenvalue weighted by molar-refractivity contribution is 7.86. The summed E-state index contributed by atoms with van der Waals surface area (Å²) in [5, 5.41) is 9.65. The quantitative estimate of drug-likeness (QED) is 0.453. The zero-order chi connectivity index (χ0) is 19.2. The lowest BCUT2D eigenvalue weighted by Gasteiger charge is -2.05. The molecule has 0 fully saturated rings. The Morgan fingerprint density at radius 3 is 2.50 bits per heavy atom. The Kier molecular flexibility index (Phi) is 6.54. The molecule has 0 spiro atoms. The maximum atomic E-state index is 12.0. The van der Waals surface area contributed by atoms with Crippen LogP contribution in [0.5, 0.6) is 5.75 Å². The van der Waals surface area contributed by atoms with Gasteiger partial charge in [-0.3, -0.25) is 4.18 Å². The first-order chi connectivity index (χ1) is 12.3. The highest BCUT2D eigenvalue weighted by Gasteiger charge is 2.14. The number of hydrogen-bond donors (Lipinski definition) is 1. The molecule has 2 aromatic carbocycles. The summed E-state index contributed by atoms with van der Waals surface area (Å²) in [7, 11) is -2.54. The fraction of sp³-hybridized carbons (Fsp3) is 0.211. The second kappa shape index (κ2) is 8.64. The minimum atomic E-state index is -3.78. The average molecular weight is 376 g/mol. The lowest BCUT2D eigenvalue weighted by Crippen LogP contribution is -2.07. The van der Waals surface area contributed by atoms with Gasteiger partial charge in [0.1, 0.15) is 11.3 Å². The van der Waals surface area contributed by atoms with Crippen LogP contribution in [-0.2, 0) is 19.0 Å². The van der Waals surface area contributed by atoms with Gasteiger partial charge in [0.2, 0.25) is 0 Å². The summed E-state index contributed by atoms with van der Waals surface area (Å²) in [6, 6.07) is 10.9. The highest BCUT2D eigenvalue weighted by Crippen LogP contribution is 2.20. The van der Waals surface area contributed by atoms with Crippen LogP contribution in [0.4, 0.5) is 0 Å². The first-order valence-electron chi connectivity index (χ1n) is 7.87. The number of rotatable bonds is 7. The van der Waals surface area contributed by atoms with Crippen molar-refractivity contribution in [3.8, 4) is 5.75 Å². The van der Waals surface area contributed by atoms with Gasteiger partial charge in [-0.2, -0.15) is 8.42 Å². The molecule has 138 valence electrons. The fourth-order valence-electron chi connectivity index (χ4n) is 2.15.